The van der Waals surface area contributed by atoms with Crippen LogP contribution in [0.15, 0.2) is 18.2 Å². The molecule has 1 amide bonds. The molecule has 0 aliphatic heterocycles. The average molecular weight is 274 g/mol. The summed E-state index contributed by atoms with van der Waals surface area (Å²) in [4.78, 5) is 12.0. The van der Waals surface area contributed by atoms with E-state index in [9.17, 15) is 4.79 Å². The molecule has 0 heterocycles. The Morgan fingerprint density at radius 3 is 2.53 bits per heavy atom. The van der Waals surface area contributed by atoms with Crippen LogP contribution in [0.1, 0.15) is 29.8 Å². The van der Waals surface area contributed by atoms with Crippen molar-refractivity contribution in [3.8, 4) is 0 Å². The highest BCUT2D eigenvalue weighted by molar-refractivity contribution is 6.31. The maximum atomic E-state index is 12.0. The second-order valence-electron chi connectivity index (χ2n) is 4.41. The monoisotopic (exact) mass is 273 g/mol. The minimum atomic E-state index is -0.111. The molecule has 0 fully saturated rings. The first-order chi connectivity index (χ1) is 7.93. The van der Waals surface area contributed by atoms with E-state index in [1.54, 1.807) is 6.07 Å². The summed E-state index contributed by atoms with van der Waals surface area (Å²) in [6, 6.07) is 5.35. The van der Waals surface area contributed by atoms with Gasteiger partial charge in [0.05, 0.1) is 0 Å². The Labute approximate surface area is 112 Å². The molecule has 0 bridgehead atoms. The Morgan fingerprint density at radius 2 is 2.00 bits per heavy atom. The van der Waals surface area contributed by atoms with Gasteiger partial charge in [-0.1, -0.05) is 18.5 Å². The molecule has 1 aromatic carbocycles. The van der Waals surface area contributed by atoms with Crippen LogP contribution >= 0.6 is 23.2 Å². The van der Waals surface area contributed by atoms with E-state index in [-0.39, 0.29) is 17.9 Å². The molecule has 2 unspecified atom stereocenters. The summed E-state index contributed by atoms with van der Waals surface area (Å²) in [5.74, 6) is 0.650. The summed E-state index contributed by atoms with van der Waals surface area (Å²) >= 11 is 11.7. The molecule has 0 aliphatic rings. The lowest BCUT2D eigenvalue weighted by Gasteiger charge is -2.19. The number of carbonyl (C=O) groups is 1. The lowest BCUT2D eigenvalue weighted by molar-refractivity contribution is 0.0931. The van der Waals surface area contributed by atoms with Crippen LogP contribution in [0.5, 0.6) is 0 Å². The number of alkyl halides is 1. The lowest BCUT2D eigenvalue weighted by Crippen LogP contribution is -2.37. The summed E-state index contributed by atoms with van der Waals surface area (Å²) in [6.45, 7) is 5.86. The van der Waals surface area contributed by atoms with Gasteiger partial charge in [0.15, 0.2) is 0 Å². The number of carbonyl (C=O) groups excluding carboxylic acids is 1. The Balaban J connectivity index is 2.76. The van der Waals surface area contributed by atoms with Gasteiger partial charge in [-0.25, -0.2) is 0 Å². The molecule has 17 heavy (non-hydrogen) atoms. The van der Waals surface area contributed by atoms with E-state index in [1.807, 2.05) is 32.9 Å². The van der Waals surface area contributed by atoms with Gasteiger partial charge in [-0.2, -0.15) is 0 Å². The zero-order chi connectivity index (χ0) is 13.0. The third-order valence-corrected chi connectivity index (χ3v) is 3.47. The Hall–Kier alpha value is -0.730. The van der Waals surface area contributed by atoms with Crippen LogP contribution in [0.2, 0.25) is 5.02 Å². The quantitative estimate of drug-likeness (QED) is 0.834. The zero-order valence-corrected chi connectivity index (χ0v) is 11.8. The van der Waals surface area contributed by atoms with Crippen molar-refractivity contribution >= 4 is 29.1 Å². The van der Waals surface area contributed by atoms with Crippen LogP contribution in [0.3, 0.4) is 0 Å². The molecule has 0 spiro atoms. The number of amides is 1. The highest BCUT2D eigenvalue weighted by atomic mass is 35.5. The molecule has 1 N–H and O–H groups in total. The molecule has 0 saturated carbocycles. The van der Waals surface area contributed by atoms with Crippen molar-refractivity contribution < 1.29 is 4.79 Å². The minimum absolute atomic E-state index is 0.0410. The Morgan fingerprint density at radius 1 is 1.35 bits per heavy atom. The number of halogens is 2. The minimum Gasteiger partial charge on any atom is -0.349 e. The van der Waals surface area contributed by atoms with Crippen molar-refractivity contribution in [2.45, 2.75) is 26.8 Å². The number of hydrogen-bond donors (Lipinski definition) is 1. The van der Waals surface area contributed by atoms with E-state index in [1.165, 1.54) is 0 Å². The van der Waals surface area contributed by atoms with E-state index >= 15 is 0 Å². The fourth-order valence-corrected chi connectivity index (χ4v) is 1.99. The molecule has 2 nitrogen and oxygen atoms in total. The first-order valence-electron chi connectivity index (χ1n) is 5.58. The highest BCUT2D eigenvalue weighted by Crippen LogP contribution is 2.15. The van der Waals surface area contributed by atoms with Gasteiger partial charge in [-0.05, 0) is 43.5 Å². The summed E-state index contributed by atoms with van der Waals surface area (Å²) in [7, 11) is 0. The van der Waals surface area contributed by atoms with E-state index in [0.29, 0.717) is 16.5 Å². The van der Waals surface area contributed by atoms with Gasteiger partial charge in [0.25, 0.3) is 5.91 Å². The van der Waals surface area contributed by atoms with Gasteiger partial charge >= 0.3 is 0 Å². The molecule has 94 valence electrons. The lowest BCUT2D eigenvalue weighted by atomic mass is 10.1. The number of benzene rings is 1. The van der Waals surface area contributed by atoms with Crippen molar-refractivity contribution in [2.24, 2.45) is 5.92 Å². The van der Waals surface area contributed by atoms with Crippen LogP contribution in [0.4, 0.5) is 0 Å². The summed E-state index contributed by atoms with van der Waals surface area (Å²) in [5.41, 5.74) is 1.56. The van der Waals surface area contributed by atoms with Gasteiger partial charge in [0.1, 0.15) is 0 Å². The molecule has 1 rings (SSSR count). The molecule has 0 aliphatic carbocycles. The molecule has 0 aromatic heterocycles. The normalized spacial score (nSPS) is 14.2. The molecule has 4 heteroatoms. The second-order valence-corrected chi connectivity index (χ2v) is 5.16. The van der Waals surface area contributed by atoms with Crippen molar-refractivity contribution in [1.82, 2.24) is 5.32 Å². The number of aryl methyl sites for hydroxylation is 1. The third kappa shape index (κ3) is 4.21. The van der Waals surface area contributed by atoms with E-state index in [2.05, 4.69) is 5.32 Å². The van der Waals surface area contributed by atoms with Crippen LogP contribution < -0.4 is 5.32 Å². The summed E-state index contributed by atoms with van der Waals surface area (Å²) in [5, 5.41) is 3.50. The van der Waals surface area contributed by atoms with Gasteiger partial charge in [-0.3, -0.25) is 4.79 Å². The Kier molecular flexibility index (Phi) is 5.29. The molecular weight excluding hydrogens is 257 g/mol. The number of nitrogens with one attached hydrogen (secondary N) is 1. The maximum absolute atomic E-state index is 12.0. The van der Waals surface area contributed by atoms with Crippen molar-refractivity contribution in [2.75, 3.05) is 5.88 Å². The summed E-state index contributed by atoms with van der Waals surface area (Å²) < 4.78 is 0. The summed E-state index contributed by atoms with van der Waals surface area (Å²) in [6.07, 6.45) is 0. The molecule has 2 atom stereocenters. The molecule has 1 aromatic rings. The fraction of sp³-hybridized carbons (Fsp3) is 0.462. The van der Waals surface area contributed by atoms with E-state index < -0.39 is 0 Å². The molecular formula is C13H17Cl2NO. The fourth-order valence-electron chi connectivity index (χ4n) is 1.43. The highest BCUT2D eigenvalue weighted by Gasteiger charge is 2.15. The predicted octanol–water partition coefficient (Wildman–Crippen LogP) is 3.64. The van der Waals surface area contributed by atoms with Crippen LogP contribution in [0, 0.1) is 12.8 Å². The second kappa shape index (κ2) is 6.27. The van der Waals surface area contributed by atoms with Crippen molar-refractivity contribution in [3.05, 3.63) is 34.3 Å². The van der Waals surface area contributed by atoms with Gasteiger partial charge in [-0.15, -0.1) is 11.6 Å². The van der Waals surface area contributed by atoms with Crippen LogP contribution in [-0.2, 0) is 0 Å². The largest absolute Gasteiger partial charge is 0.349 e. The van der Waals surface area contributed by atoms with Gasteiger partial charge < -0.3 is 5.32 Å². The van der Waals surface area contributed by atoms with Crippen LogP contribution in [-0.4, -0.2) is 17.8 Å². The molecule has 0 saturated heterocycles. The first kappa shape index (κ1) is 14.3. The first-order valence-corrected chi connectivity index (χ1v) is 6.49. The van der Waals surface area contributed by atoms with Gasteiger partial charge in [0, 0.05) is 22.5 Å². The van der Waals surface area contributed by atoms with Crippen molar-refractivity contribution in [3.63, 3.8) is 0 Å². The predicted molar refractivity (Wildman–Crippen MR) is 73.0 cm³/mol. The SMILES string of the molecule is Cc1cc(Cl)cc(C(=O)NC(C)C(C)CCl)c1. The van der Waals surface area contributed by atoms with Crippen LogP contribution in [0.25, 0.3) is 0 Å². The van der Waals surface area contributed by atoms with E-state index in [0.717, 1.165) is 5.56 Å². The standard InChI is InChI=1S/C13H17Cl2NO/c1-8-4-11(6-12(15)5-8)13(17)16-10(3)9(2)7-14/h4-6,9-10H,7H2,1-3H3,(H,16,17). The topological polar surface area (TPSA) is 29.1 Å². The average Bonchev–Trinajstić information content (AvgIpc) is 2.26. The molecule has 0 radical (unpaired) electrons. The third-order valence-electron chi connectivity index (χ3n) is 2.76. The maximum Gasteiger partial charge on any atom is 0.251 e. The smallest absolute Gasteiger partial charge is 0.251 e. The zero-order valence-electron chi connectivity index (χ0n) is 10.3. The van der Waals surface area contributed by atoms with E-state index in [4.69, 9.17) is 23.2 Å². The van der Waals surface area contributed by atoms with Gasteiger partial charge in [0.2, 0.25) is 0 Å². The Bertz CT molecular complexity index is 386. The number of hydrogen-bond acceptors (Lipinski definition) is 1. The van der Waals surface area contributed by atoms with Crippen molar-refractivity contribution in [1.29, 1.82) is 0 Å². The number of rotatable bonds is 4.